The van der Waals surface area contributed by atoms with Gasteiger partial charge in [0.15, 0.2) is 0 Å². The van der Waals surface area contributed by atoms with Crippen LogP contribution in [-0.2, 0) is 4.79 Å². The maximum Gasteiger partial charge on any atom is 0.234 e. The van der Waals surface area contributed by atoms with Gasteiger partial charge in [-0.25, -0.2) is 0 Å². The van der Waals surface area contributed by atoms with Crippen molar-refractivity contribution in [1.29, 1.82) is 0 Å². The van der Waals surface area contributed by atoms with Crippen molar-refractivity contribution in [2.75, 3.05) is 6.54 Å². The van der Waals surface area contributed by atoms with E-state index in [0.29, 0.717) is 0 Å². The second kappa shape index (κ2) is 11.4. The van der Waals surface area contributed by atoms with Crippen LogP contribution in [0.1, 0.15) is 64.0 Å². The molecule has 0 fully saturated rings. The van der Waals surface area contributed by atoms with Gasteiger partial charge >= 0.3 is 0 Å². The normalized spacial score (nSPS) is 11.4. The molecule has 0 unspecified atom stereocenters. The molecule has 0 radical (unpaired) electrons. The Bertz CT molecular complexity index is 660. The molecule has 0 aliphatic carbocycles. The maximum absolute atomic E-state index is 13.7. The van der Waals surface area contributed by atoms with Crippen LogP contribution in [0.25, 0.3) is 0 Å². The van der Waals surface area contributed by atoms with Crippen molar-refractivity contribution in [3.63, 3.8) is 0 Å². The van der Waals surface area contributed by atoms with E-state index in [1.54, 1.807) is 0 Å². The van der Waals surface area contributed by atoms with Crippen molar-refractivity contribution >= 4 is 5.91 Å². The molecule has 2 aromatic rings. The molecule has 154 valence electrons. The summed E-state index contributed by atoms with van der Waals surface area (Å²) in [6.45, 7) is 9.34. The fourth-order valence-electron chi connectivity index (χ4n) is 3.52. The van der Waals surface area contributed by atoms with Gasteiger partial charge in [0.25, 0.3) is 0 Å². The minimum Gasteiger partial charge on any atom is -1.00 e. The molecule has 0 saturated carbocycles. The summed E-state index contributed by atoms with van der Waals surface area (Å²) in [4.78, 5) is 15.7. The highest BCUT2D eigenvalue weighted by atomic mass is 79.9. The lowest BCUT2D eigenvalue weighted by Crippen LogP contribution is -3.00. The summed E-state index contributed by atoms with van der Waals surface area (Å²) in [6, 6.07) is 20.4. The Labute approximate surface area is 181 Å². The average molecular weight is 447 g/mol. The predicted octanol–water partition coefficient (Wildman–Crippen LogP) is 1.25. The first kappa shape index (κ1) is 24.4. The van der Waals surface area contributed by atoms with Crippen molar-refractivity contribution in [3.05, 3.63) is 71.8 Å². The standard InChI is InChI=1S/C24H34N2O.BrH/c1-5-24(25,6-2)17-18-26(19(3)4)23(27)22(20-13-9-7-10-14-20)21-15-11-8-12-16-21;/h7-16,19,22H,5-6,17-18,25H2,1-4H3;1H. The zero-order chi connectivity index (χ0) is 19.9. The highest BCUT2D eigenvalue weighted by molar-refractivity contribution is 5.87. The molecule has 0 heterocycles. The Morgan fingerprint density at radius 1 is 0.929 bits per heavy atom. The molecule has 28 heavy (non-hydrogen) atoms. The summed E-state index contributed by atoms with van der Waals surface area (Å²) >= 11 is 0. The van der Waals surface area contributed by atoms with Gasteiger partial charge in [0, 0.05) is 19.0 Å². The molecule has 4 heteroatoms. The Hall–Kier alpha value is -1.65. The summed E-state index contributed by atoms with van der Waals surface area (Å²) in [5.41, 5.74) is 6.56. The SMILES string of the molecule is CCC([NH3+])(CC)CCN(C(=O)C(c1ccccc1)c1ccccc1)C(C)C.[Br-]. The second-order valence-corrected chi connectivity index (χ2v) is 7.84. The number of halogens is 1. The van der Waals surface area contributed by atoms with Crippen LogP contribution in [0, 0.1) is 0 Å². The van der Waals surface area contributed by atoms with Crippen LogP contribution >= 0.6 is 0 Å². The smallest absolute Gasteiger partial charge is 0.234 e. The van der Waals surface area contributed by atoms with E-state index in [2.05, 4.69) is 57.7 Å². The lowest BCUT2D eigenvalue weighted by Gasteiger charge is -2.34. The third-order valence-corrected chi connectivity index (χ3v) is 5.80. The molecule has 0 atom stereocenters. The van der Waals surface area contributed by atoms with E-state index >= 15 is 0 Å². The van der Waals surface area contributed by atoms with Gasteiger partial charge in [-0.1, -0.05) is 74.5 Å². The molecule has 3 N–H and O–H groups in total. The van der Waals surface area contributed by atoms with Gasteiger partial charge in [0.05, 0.1) is 11.5 Å². The monoisotopic (exact) mass is 446 g/mol. The molecule has 2 rings (SSSR count). The Morgan fingerprint density at radius 3 is 1.71 bits per heavy atom. The number of hydrogen-bond donors (Lipinski definition) is 1. The highest BCUT2D eigenvalue weighted by Gasteiger charge is 2.32. The predicted molar refractivity (Wildman–Crippen MR) is 112 cm³/mol. The van der Waals surface area contributed by atoms with Gasteiger partial charge in [-0.3, -0.25) is 4.79 Å². The number of quaternary nitrogens is 1. The Kier molecular flexibility index (Phi) is 9.91. The molecular formula is C24H35BrN2O. The lowest BCUT2D eigenvalue weighted by molar-refractivity contribution is -0.481. The maximum atomic E-state index is 13.7. The van der Waals surface area contributed by atoms with Crippen LogP contribution in [0.2, 0.25) is 0 Å². The topological polar surface area (TPSA) is 48.0 Å². The van der Waals surface area contributed by atoms with Crippen molar-refractivity contribution in [1.82, 2.24) is 4.90 Å². The number of amides is 1. The fraction of sp³-hybridized carbons (Fsp3) is 0.458. The first-order valence-corrected chi connectivity index (χ1v) is 10.2. The van der Waals surface area contributed by atoms with Crippen molar-refractivity contribution in [2.45, 2.75) is 64.5 Å². The molecule has 1 amide bonds. The number of benzene rings is 2. The summed E-state index contributed by atoms with van der Waals surface area (Å²) < 4.78 is 0. The molecule has 0 spiro atoms. The lowest BCUT2D eigenvalue weighted by atomic mass is 9.88. The van der Waals surface area contributed by atoms with Crippen LogP contribution in [0.4, 0.5) is 0 Å². The molecular weight excluding hydrogens is 412 g/mol. The zero-order valence-electron chi connectivity index (χ0n) is 17.7. The van der Waals surface area contributed by atoms with E-state index in [9.17, 15) is 4.79 Å². The Balaban J connectivity index is 0.00000392. The van der Waals surface area contributed by atoms with Crippen LogP contribution < -0.4 is 22.7 Å². The number of hydrogen-bond acceptors (Lipinski definition) is 1. The molecule has 0 aliphatic heterocycles. The molecule has 0 saturated heterocycles. The van der Waals surface area contributed by atoms with Crippen LogP contribution in [0.15, 0.2) is 60.7 Å². The van der Waals surface area contributed by atoms with E-state index in [4.69, 9.17) is 0 Å². The van der Waals surface area contributed by atoms with Crippen LogP contribution in [0.3, 0.4) is 0 Å². The molecule has 0 aromatic heterocycles. The fourth-order valence-corrected chi connectivity index (χ4v) is 3.52. The van der Waals surface area contributed by atoms with Gasteiger partial charge in [0.2, 0.25) is 5.91 Å². The molecule has 0 bridgehead atoms. The largest absolute Gasteiger partial charge is 1.00 e. The first-order chi connectivity index (χ1) is 12.9. The van der Waals surface area contributed by atoms with Crippen molar-refractivity contribution < 1.29 is 27.5 Å². The van der Waals surface area contributed by atoms with Crippen molar-refractivity contribution in [3.8, 4) is 0 Å². The number of rotatable bonds is 9. The van der Waals surface area contributed by atoms with E-state index < -0.39 is 0 Å². The van der Waals surface area contributed by atoms with Gasteiger partial charge in [0.1, 0.15) is 0 Å². The number of carbonyl (C=O) groups excluding carboxylic acids is 1. The van der Waals surface area contributed by atoms with E-state index in [1.807, 2.05) is 41.3 Å². The van der Waals surface area contributed by atoms with E-state index in [1.165, 1.54) is 0 Å². The molecule has 3 nitrogen and oxygen atoms in total. The summed E-state index contributed by atoms with van der Waals surface area (Å²) in [5, 5.41) is 0. The first-order valence-electron chi connectivity index (χ1n) is 10.2. The average Bonchev–Trinajstić information content (AvgIpc) is 2.69. The van der Waals surface area contributed by atoms with Gasteiger partial charge in [-0.15, -0.1) is 0 Å². The van der Waals surface area contributed by atoms with E-state index in [0.717, 1.165) is 36.9 Å². The second-order valence-electron chi connectivity index (χ2n) is 7.84. The van der Waals surface area contributed by atoms with Crippen molar-refractivity contribution in [2.24, 2.45) is 0 Å². The minimum atomic E-state index is -0.266. The Morgan fingerprint density at radius 2 is 1.36 bits per heavy atom. The van der Waals surface area contributed by atoms with Crippen LogP contribution in [0.5, 0.6) is 0 Å². The highest BCUT2D eigenvalue weighted by Crippen LogP contribution is 2.28. The zero-order valence-corrected chi connectivity index (χ0v) is 19.3. The summed E-state index contributed by atoms with van der Waals surface area (Å²) in [6.07, 6.45) is 3.00. The minimum absolute atomic E-state index is 0. The third kappa shape index (κ3) is 6.18. The number of carbonyl (C=O) groups is 1. The molecule has 0 aliphatic rings. The van der Waals surface area contributed by atoms with Crippen LogP contribution in [-0.4, -0.2) is 28.9 Å². The molecule has 2 aromatic carbocycles. The quantitative estimate of drug-likeness (QED) is 0.618. The summed E-state index contributed by atoms with van der Waals surface area (Å²) in [7, 11) is 0. The third-order valence-electron chi connectivity index (χ3n) is 5.80. The number of nitrogens with zero attached hydrogens (tertiary/aromatic N) is 1. The van der Waals surface area contributed by atoms with E-state index in [-0.39, 0.29) is 40.4 Å². The van der Waals surface area contributed by atoms with Gasteiger partial charge in [-0.2, -0.15) is 0 Å². The van der Waals surface area contributed by atoms with Gasteiger partial charge in [-0.05, 0) is 37.8 Å². The van der Waals surface area contributed by atoms with Gasteiger partial charge < -0.3 is 27.6 Å². The summed E-state index contributed by atoms with van der Waals surface area (Å²) in [5.74, 6) is -0.0887.